The first-order chi connectivity index (χ1) is 11.7. The molecule has 4 nitrogen and oxygen atoms in total. The summed E-state index contributed by atoms with van der Waals surface area (Å²) in [4.78, 5) is 5.87. The third kappa shape index (κ3) is 3.51. The molecule has 0 atom stereocenters. The van der Waals surface area contributed by atoms with Crippen molar-refractivity contribution in [3.05, 3.63) is 58.4 Å². The molecule has 0 saturated carbocycles. The van der Waals surface area contributed by atoms with Gasteiger partial charge in [0.25, 0.3) is 0 Å². The van der Waals surface area contributed by atoms with E-state index in [1.54, 1.807) is 25.6 Å². The Hall–Kier alpha value is -2.53. The summed E-state index contributed by atoms with van der Waals surface area (Å²) < 4.78 is 16.4. The summed E-state index contributed by atoms with van der Waals surface area (Å²) in [5.74, 6) is 2.25. The van der Waals surface area contributed by atoms with E-state index in [4.69, 9.17) is 19.2 Å². The topological polar surface area (TPSA) is 40.6 Å². The van der Waals surface area contributed by atoms with Crippen molar-refractivity contribution in [3.8, 4) is 28.5 Å². The van der Waals surface area contributed by atoms with E-state index >= 15 is 0 Å². The zero-order valence-corrected chi connectivity index (χ0v) is 14.7. The third-order valence-electron chi connectivity index (χ3n) is 3.60. The molecule has 0 aliphatic carbocycles. The molecule has 3 aromatic rings. The second-order valence-electron chi connectivity index (χ2n) is 5.18. The molecule has 1 heterocycles. The van der Waals surface area contributed by atoms with E-state index in [2.05, 4.69) is 6.92 Å². The SMILES string of the molecule is COc1ccc(-c2nc(COc3ccccc3)sc2C)cc1OC. The van der Waals surface area contributed by atoms with Crippen LogP contribution in [0.2, 0.25) is 0 Å². The monoisotopic (exact) mass is 341 g/mol. The minimum atomic E-state index is 0.461. The normalized spacial score (nSPS) is 10.5. The number of hydrogen-bond donors (Lipinski definition) is 0. The van der Waals surface area contributed by atoms with Gasteiger partial charge < -0.3 is 14.2 Å². The molecule has 0 bridgehead atoms. The largest absolute Gasteiger partial charge is 0.493 e. The van der Waals surface area contributed by atoms with Crippen LogP contribution in [0.25, 0.3) is 11.3 Å². The molecule has 0 spiro atoms. The number of nitrogens with zero attached hydrogens (tertiary/aromatic N) is 1. The van der Waals surface area contributed by atoms with Crippen molar-refractivity contribution in [2.24, 2.45) is 0 Å². The van der Waals surface area contributed by atoms with Gasteiger partial charge in [-0.2, -0.15) is 0 Å². The van der Waals surface area contributed by atoms with Crippen LogP contribution in [0.4, 0.5) is 0 Å². The number of para-hydroxylation sites is 1. The van der Waals surface area contributed by atoms with Crippen LogP contribution in [0.15, 0.2) is 48.5 Å². The predicted octanol–water partition coefficient (Wildman–Crippen LogP) is 4.71. The zero-order chi connectivity index (χ0) is 16.9. The van der Waals surface area contributed by atoms with Crippen LogP contribution >= 0.6 is 11.3 Å². The molecule has 0 fully saturated rings. The Balaban J connectivity index is 1.81. The smallest absolute Gasteiger partial charge is 0.161 e. The summed E-state index contributed by atoms with van der Waals surface area (Å²) >= 11 is 1.64. The first-order valence-corrected chi connectivity index (χ1v) is 8.39. The van der Waals surface area contributed by atoms with Gasteiger partial charge in [-0.3, -0.25) is 0 Å². The molecule has 0 N–H and O–H groups in total. The Labute approximate surface area is 145 Å². The molecule has 0 radical (unpaired) electrons. The molecule has 24 heavy (non-hydrogen) atoms. The van der Waals surface area contributed by atoms with Crippen molar-refractivity contribution in [1.82, 2.24) is 4.98 Å². The maximum atomic E-state index is 5.78. The molecule has 2 aromatic carbocycles. The van der Waals surface area contributed by atoms with Crippen molar-refractivity contribution in [2.75, 3.05) is 14.2 Å². The molecule has 0 saturated heterocycles. The van der Waals surface area contributed by atoms with Crippen LogP contribution in [0, 0.1) is 6.92 Å². The lowest BCUT2D eigenvalue weighted by Crippen LogP contribution is -1.95. The first kappa shape index (κ1) is 16.3. The van der Waals surface area contributed by atoms with Gasteiger partial charge in [-0.1, -0.05) is 18.2 Å². The molecule has 0 unspecified atom stereocenters. The highest BCUT2D eigenvalue weighted by Crippen LogP contribution is 2.34. The fourth-order valence-corrected chi connectivity index (χ4v) is 3.29. The Morgan fingerprint density at radius 2 is 1.71 bits per heavy atom. The summed E-state index contributed by atoms with van der Waals surface area (Å²) in [6.45, 7) is 2.53. The number of thiazole rings is 1. The van der Waals surface area contributed by atoms with Crippen LogP contribution in [0.1, 0.15) is 9.88 Å². The Kier molecular flexibility index (Phi) is 5.01. The van der Waals surface area contributed by atoms with Gasteiger partial charge in [-0.05, 0) is 37.3 Å². The van der Waals surface area contributed by atoms with Gasteiger partial charge in [0.2, 0.25) is 0 Å². The number of rotatable bonds is 6. The van der Waals surface area contributed by atoms with Crippen molar-refractivity contribution >= 4 is 11.3 Å². The highest BCUT2D eigenvalue weighted by Gasteiger charge is 2.13. The van der Waals surface area contributed by atoms with Gasteiger partial charge in [0.15, 0.2) is 11.5 Å². The minimum Gasteiger partial charge on any atom is -0.493 e. The van der Waals surface area contributed by atoms with Crippen LogP contribution in [-0.2, 0) is 6.61 Å². The van der Waals surface area contributed by atoms with Gasteiger partial charge >= 0.3 is 0 Å². The van der Waals surface area contributed by atoms with Crippen molar-refractivity contribution < 1.29 is 14.2 Å². The van der Waals surface area contributed by atoms with E-state index in [1.807, 2.05) is 48.5 Å². The Bertz CT molecular complexity index is 815. The molecular weight excluding hydrogens is 322 g/mol. The Morgan fingerprint density at radius 1 is 0.958 bits per heavy atom. The number of hydrogen-bond acceptors (Lipinski definition) is 5. The molecule has 3 rings (SSSR count). The van der Waals surface area contributed by atoms with E-state index in [1.165, 1.54) is 0 Å². The molecule has 5 heteroatoms. The number of ether oxygens (including phenoxy) is 3. The lowest BCUT2D eigenvalue weighted by Gasteiger charge is -2.08. The first-order valence-electron chi connectivity index (χ1n) is 7.58. The van der Waals surface area contributed by atoms with Crippen molar-refractivity contribution in [1.29, 1.82) is 0 Å². The van der Waals surface area contributed by atoms with Crippen molar-refractivity contribution in [3.63, 3.8) is 0 Å². The van der Waals surface area contributed by atoms with E-state index in [0.29, 0.717) is 18.1 Å². The summed E-state index contributed by atoms with van der Waals surface area (Å²) in [6, 6.07) is 15.6. The van der Waals surface area contributed by atoms with Gasteiger partial charge in [-0.25, -0.2) is 4.98 Å². The fourth-order valence-electron chi connectivity index (χ4n) is 2.43. The van der Waals surface area contributed by atoms with Crippen LogP contribution in [-0.4, -0.2) is 19.2 Å². The lowest BCUT2D eigenvalue weighted by molar-refractivity contribution is 0.305. The van der Waals surface area contributed by atoms with E-state index in [-0.39, 0.29) is 0 Å². The molecular formula is C19H19NO3S. The average Bonchev–Trinajstić information content (AvgIpc) is 3.01. The van der Waals surface area contributed by atoms with Gasteiger partial charge in [0.1, 0.15) is 17.4 Å². The Morgan fingerprint density at radius 3 is 2.42 bits per heavy atom. The van der Waals surface area contributed by atoms with Gasteiger partial charge in [0.05, 0.1) is 19.9 Å². The summed E-state index contributed by atoms with van der Waals surface area (Å²) in [5.41, 5.74) is 1.96. The minimum absolute atomic E-state index is 0.461. The van der Waals surface area contributed by atoms with Gasteiger partial charge in [-0.15, -0.1) is 11.3 Å². The zero-order valence-electron chi connectivity index (χ0n) is 13.9. The number of methoxy groups -OCH3 is 2. The standard InChI is InChI=1S/C19H19NO3S/c1-13-19(14-9-10-16(21-2)17(11-14)22-3)20-18(24-13)12-23-15-7-5-4-6-8-15/h4-11H,12H2,1-3H3. The number of aryl methyl sites for hydroxylation is 1. The third-order valence-corrected chi connectivity index (χ3v) is 4.55. The summed E-state index contributed by atoms with van der Waals surface area (Å²) in [5, 5.41) is 0.945. The molecule has 1 aromatic heterocycles. The molecule has 0 amide bonds. The highest BCUT2D eigenvalue weighted by atomic mass is 32.1. The summed E-state index contributed by atoms with van der Waals surface area (Å²) in [6.07, 6.45) is 0. The molecule has 124 valence electrons. The van der Waals surface area contributed by atoms with E-state index in [9.17, 15) is 0 Å². The van der Waals surface area contributed by atoms with Crippen molar-refractivity contribution in [2.45, 2.75) is 13.5 Å². The molecule has 0 aliphatic heterocycles. The second kappa shape index (κ2) is 7.36. The van der Waals surface area contributed by atoms with Gasteiger partial charge in [0, 0.05) is 10.4 Å². The fraction of sp³-hybridized carbons (Fsp3) is 0.211. The van der Waals surface area contributed by atoms with E-state index in [0.717, 1.165) is 26.9 Å². The van der Waals surface area contributed by atoms with Crippen LogP contribution in [0.5, 0.6) is 17.2 Å². The van der Waals surface area contributed by atoms with Crippen LogP contribution < -0.4 is 14.2 Å². The van der Waals surface area contributed by atoms with Crippen LogP contribution in [0.3, 0.4) is 0 Å². The average molecular weight is 341 g/mol. The van der Waals surface area contributed by atoms with E-state index < -0.39 is 0 Å². The number of benzene rings is 2. The summed E-state index contributed by atoms with van der Waals surface area (Å²) in [7, 11) is 3.26. The number of aromatic nitrogens is 1. The highest BCUT2D eigenvalue weighted by molar-refractivity contribution is 7.12. The maximum absolute atomic E-state index is 5.78. The maximum Gasteiger partial charge on any atom is 0.161 e. The molecule has 0 aliphatic rings. The quantitative estimate of drug-likeness (QED) is 0.651. The lowest BCUT2D eigenvalue weighted by atomic mass is 10.1. The predicted molar refractivity (Wildman–Crippen MR) is 96.2 cm³/mol. The second-order valence-corrected chi connectivity index (χ2v) is 6.47.